The standard InChI is InChI=1S/C8H6N4O2/c13-8(14)6-4-9-5-10-7(6)12-3-1-2-11-12/h1-5H,(H,13,14). The maximum Gasteiger partial charge on any atom is 0.341 e. The topological polar surface area (TPSA) is 80.9 Å². The molecule has 0 fully saturated rings. The van der Waals surface area contributed by atoms with Gasteiger partial charge < -0.3 is 5.11 Å². The van der Waals surface area contributed by atoms with E-state index in [2.05, 4.69) is 15.1 Å². The van der Waals surface area contributed by atoms with E-state index < -0.39 is 5.97 Å². The minimum atomic E-state index is -1.07. The summed E-state index contributed by atoms with van der Waals surface area (Å²) in [6.45, 7) is 0. The summed E-state index contributed by atoms with van der Waals surface area (Å²) in [6, 6.07) is 1.69. The maximum atomic E-state index is 10.8. The van der Waals surface area contributed by atoms with E-state index in [1.807, 2.05) is 0 Å². The van der Waals surface area contributed by atoms with E-state index >= 15 is 0 Å². The van der Waals surface area contributed by atoms with Gasteiger partial charge in [-0.1, -0.05) is 0 Å². The average Bonchev–Trinajstić information content (AvgIpc) is 2.70. The van der Waals surface area contributed by atoms with E-state index in [4.69, 9.17) is 5.11 Å². The summed E-state index contributed by atoms with van der Waals surface area (Å²) in [7, 11) is 0. The molecule has 0 aliphatic rings. The quantitative estimate of drug-likeness (QED) is 0.739. The van der Waals surface area contributed by atoms with Crippen molar-refractivity contribution in [3.63, 3.8) is 0 Å². The molecular formula is C8H6N4O2. The largest absolute Gasteiger partial charge is 0.477 e. The van der Waals surface area contributed by atoms with E-state index in [-0.39, 0.29) is 11.4 Å². The lowest BCUT2D eigenvalue weighted by atomic mass is 10.3. The highest BCUT2D eigenvalue weighted by atomic mass is 16.4. The van der Waals surface area contributed by atoms with Crippen LogP contribution in [0.5, 0.6) is 0 Å². The van der Waals surface area contributed by atoms with Gasteiger partial charge in [-0.3, -0.25) is 0 Å². The third kappa shape index (κ3) is 1.33. The maximum absolute atomic E-state index is 10.8. The van der Waals surface area contributed by atoms with Crippen LogP contribution in [0.15, 0.2) is 31.0 Å². The first-order valence-electron chi connectivity index (χ1n) is 3.82. The Balaban J connectivity index is 2.58. The molecule has 0 bridgehead atoms. The highest BCUT2D eigenvalue weighted by molar-refractivity contribution is 5.90. The second kappa shape index (κ2) is 3.25. The molecular weight excluding hydrogens is 184 g/mol. The van der Waals surface area contributed by atoms with E-state index in [0.717, 1.165) is 0 Å². The Kier molecular flexibility index (Phi) is 1.94. The van der Waals surface area contributed by atoms with Crippen LogP contribution in [0.1, 0.15) is 10.4 Å². The number of hydrogen-bond donors (Lipinski definition) is 1. The van der Waals surface area contributed by atoms with Gasteiger partial charge in [-0.05, 0) is 6.07 Å². The van der Waals surface area contributed by atoms with Crippen LogP contribution in [0, 0.1) is 0 Å². The van der Waals surface area contributed by atoms with Crippen molar-refractivity contribution >= 4 is 5.97 Å². The van der Waals surface area contributed by atoms with Gasteiger partial charge in [-0.15, -0.1) is 0 Å². The molecule has 2 aromatic heterocycles. The van der Waals surface area contributed by atoms with E-state index in [1.165, 1.54) is 17.2 Å². The third-order valence-electron chi connectivity index (χ3n) is 1.64. The minimum Gasteiger partial charge on any atom is -0.477 e. The summed E-state index contributed by atoms with van der Waals surface area (Å²) in [6.07, 6.45) is 5.69. The molecule has 0 saturated carbocycles. The normalized spacial score (nSPS) is 10.0. The highest BCUT2D eigenvalue weighted by Crippen LogP contribution is 2.07. The molecule has 2 aromatic rings. The number of carboxylic acid groups (broad SMARTS) is 1. The molecule has 0 aliphatic heterocycles. The van der Waals surface area contributed by atoms with Crippen molar-refractivity contribution in [2.24, 2.45) is 0 Å². The zero-order valence-corrected chi connectivity index (χ0v) is 7.03. The third-order valence-corrected chi connectivity index (χ3v) is 1.64. The lowest BCUT2D eigenvalue weighted by Gasteiger charge is -2.02. The van der Waals surface area contributed by atoms with Crippen LogP contribution < -0.4 is 0 Å². The molecule has 0 atom stereocenters. The smallest absolute Gasteiger partial charge is 0.341 e. The summed E-state index contributed by atoms with van der Waals surface area (Å²) < 4.78 is 1.38. The zero-order chi connectivity index (χ0) is 9.97. The van der Waals surface area contributed by atoms with Gasteiger partial charge in [0.1, 0.15) is 11.9 Å². The Labute approximate surface area is 78.9 Å². The van der Waals surface area contributed by atoms with Crippen LogP contribution in [-0.2, 0) is 0 Å². The predicted octanol–water partition coefficient (Wildman–Crippen LogP) is 0.360. The number of hydrogen-bond acceptors (Lipinski definition) is 4. The first kappa shape index (κ1) is 8.36. The Morgan fingerprint density at radius 1 is 1.50 bits per heavy atom. The van der Waals surface area contributed by atoms with Crippen LogP contribution >= 0.6 is 0 Å². The molecule has 0 saturated heterocycles. The number of aromatic nitrogens is 4. The van der Waals surface area contributed by atoms with Gasteiger partial charge in [0.15, 0.2) is 5.82 Å². The molecule has 70 valence electrons. The molecule has 6 heteroatoms. The Morgan fingerprint density at radius 2 is 2.36 bits per heavy atom. The van der Waals surface area contributed by atoms with E-state index in [1.54, 1.807) is 18.5 Å². The Bertz CT molecular complexity index is 452. The van der Waals surface area contributed by atoms with Gasteiger partial charge in [0, 0.05) is 18.6 Å². The molecule has 0 aromatic carbocycles. The number of carboxylic acids is 1. The molecule has 1 N–H and O–H groups in total. The first-order chi connectivity index (χ1) is 6.79. The molecule has 0 amide bonds. The Hall–Kier alpha value is -2.24. The van der Waals surface area contributed by atoms with Gasteiger partial charge >= 0.3 is 5.97 Å². The van der Waals surface area contributed by atoms with Crippen LogP contribution in [0.4, 0.5) is 0 Å². The van der Waals surface area contributed by atoms with E-state index in [9.17, 15) is 4.79 Å². The first-order valence-corrected chi connectivity index (χ1v) is 3.82. The van der Waals surface area contributed by atoms with Crippen molar-refractivity contribution in [3.8, 4) is 5.82 Å². The van der Waals surface area contributed by atoms with Crippen LogP contribution in [-0.4, -0.2) is 30.8 Å². The van der Waals surface area contributed by atoms with Crippen molar-refractivity contribution in [3.05, 3.63) is 36.5 Å². The monoisotopic (exact) mass is 190 g/mol. The SMILES string of the molecule is O=C(O)c1cncnc1-n1cccn1. The summed E-state index contributed by atoms with van der Waals surface area (Å²) in [5.41, 5.74) is 0.0243. The molecule has 0 radical (unpaired) electrons. The average molecular weight is 190 g/mol. The fourth-order valence-corrected chi connectivity index (χ4v) is 1.05. The van der Waals surface area contributed by atoms with Gasteiger partial charge in [-0.25, -0.2) is 19.4 Å². The summed E-state index contributed by atoms with van der Waals surface area (Å²) in [5, 5.41) is 12.7. The fraction of sp³-hybridized carbons (Fsp3) is 0. The second-order valence-corrected chi connectivity index (χ2v) is 2.52. The van der Waals surface area contributed by atoms with Crippen molar-refractivity contribution < 1.29 is 9.90 Å². The number of aromatic carboxylic acids is 1. The zero-order valence-electron chi connectivity index (χ0n) is 7.03. The van der Waals surface area contributed by atoms with Crippen molar-refractivity contribution in [1.29, 1.82) is 0 Å². The van der Waals surface area contributed by atoms with Gasteiger partial charge in [0.05, 0.1) is 0 Å². The summed E-state index contributed by atoms with van der Waals surface area (Å²) >= 11 is 0. The van der Waals surface area contributed by atoms with Crippen LogP contribution in [0.25, 0.3) is 5.82 Å². The molecule has 14 heavy (non-hydrogen) atoms. The number of nitrogens with zero attached hydrogens (tertiary/aromatic N) is 4. The predicted molar refractivity (Wildman–Crippen MR) is 46.1 cm³/mol. The fourth-order valence-electron chi connectivity index (χ4n) is 1.05. The van der Waals surface area contributed by atoms with Gasteiger partial charge in [0.25, 0.3) is 0 Å². The summed E-state index contributed by atoms with van der Waals surface area (Å²) in [5.74, 6) is -0.811. The minimum absolute atomic E-state index is 0.0243. The van der Waals surface area contributed by atoms with Crippen molar-refractivity contribution in [1.82, 2.24) is 19.7 Å². The van der Waals surface area contributed by atoms with E-state index in [0.29, 0.717) is 0 Å². The van der Waals surface area contributed by atoms with Crippen LogP contribution in [0.3, 0.4) is 0 Å². The molecule has 0 unspecified atom stereocenters. The lowest BCUT2D eigenvalue weighted by Crippen LogP contribution is -2.08. The molecule has 2 heterocycles. The highest BCUT2D eigenvalue weighted by Gasteiger charge is 2.12. The summed E-state index contributed by atoms with van der Waals surface area (Å²) in [4.78, 5) is 18.3. The Morgan fingerprint density at radius 3 is 3.00 bits per heavy atom. The van der Waals surface area contributed by atoms with Gasteiger partial charge in [-0.2, -0.15) is 5.10 Å². The molecule has 2 rings (SSSR count). The number of rotatable bonds is 2. The molecule has 6 nitrogen and oxygen atoms in total. The van der Waals surface area contributed by atoms with Crippen LogP contribution in [0.2, 0.25) is 0 Å². The lowest BCUT2D eigenvalue weighted by molar-refractivity contribution is 0.0696. The number of carbonyl (C=O) groups is 1. The molecule has 0 aliphatic carbocycles. The molecule has 0 spiro atoms. The van der Waals surface area contributed by atoms with Crippen molar-refractivity contribution in [2.75, 3.05) is 0 Å². The van der Waals surface area contributed by atoms with Gasteiger partial charge in [0.2, 0.25) is 0 Å². The second-order valence-electron chi connectivity index (χ2n) is 2.52. The van der Waals surface area contributed by atoms with Crippen molar-refractivity contribution in [2.45, 2.75) is 0 Å².